The predicted octanol–water partition coefficient (Wildman–Crippen LogP) is 0.214. The summed E-state index contributed by atoms with van der Waals surface area (Å²) in [5.41, 5.74) is 0. The number of rotatable bonds is 5. The Morgan fingerprint density at radius 3 is 2.46 bits per heavy atom. The normalized spacial score (nSPS) is 12.7. The zero-order valence-electron chi connectivity index (χ0n) is 6.32. The molecule has 0 rings (SSSR count). The SMILES string of the molecule is C#COP(=O)(O)OCCCC.[NaH].[NaH]. The monoisotopic (exact) mass is 226 g/mol. The van der Waals surface area contributed by atoms with E-state index in [4.69, 9.17) is 4.89 Å². The second-order valence-corrected chi connectivity index (χ2v) is 3.24. The first kappa shape index (κ1) is 20.0. The zero-order chi connectivity index (χ0) is 8.74. The van der Waals surface area contributed by atoms with Gasteiger partial charge >= 0.3 is 66.9 Å². The fourth-order valence-corrected chi connectivity index (χ4v) is 0.963. The predicted molar refractivity (Wildman–Crippen MR) is 54.9 cm³/mol. The summed E-state index contributed by atoms with van der Waals surface area (Å²) in [7, 11) is -3.96. The molecule has 0 aromatic heterocycles. The molecule has 0 aromatic rings. The molecular weight excluding hydrogens is 213 g/mol. The van der Waals surface area contributed by atoms with Crippen LogP contribution in [0.3, 0.4) is 0 Å². The molecule has 4 nitrogen and oxygen atoms in total. The molecule has 0 spiro atoms. The van der Waals surface area contributed by atoms with E-state index in [1.54, 1.807) is 6.11 Å². The first-order valence-electron chi connectivity index (χ1n) is 3.24. The number of hydrogen-bond acceptors (Lipinski definition) is 3. The Labute approximate surface area is 123 Å². The van der Waals surface area contributed by atoms with Crippen molar-refractivity contribution in [1.29, 1.82) is 0 Å². The van der Waals surface area contributed by atoms with Gasteiger partial charge in [0.25, 0.3) is 0 Å². The van der Waals surface area contributed by atoms with Gasteiger partial charge in [-0.25, -0.2) is 4.57 Å². The van der Waals surface area contributed by atoms with E-state index in [-0.39, 0.29) is 65.7 Å². The van der Waals surface area contributed by atoms with Crippen LogP contribution in [0.15, 0.2) is 0 Å². The van der Waals surface area contributed by atoms with E-state index in [0.29, 0.717) is 6.42 Å². The van der Waals surface area contributed by atoms with Crippen LogP contribution in [0.1, 0.15) is 19.8 Å². The van der Waals surface area contributed by atoms with Crippen molar-refractivity contribution in [3.63, 3.8) is 0 Å². The Hall–Kier alpha value is 1.51. The maximum atomic E-state index is 10.7. The Bertz CT molecular complexity index is 192. The number of phosphoric ester groups is 1. The van der Waals surface area contributed by atoms with Crippen molar-refractivity contribution in [3.05, 3.63) is 0 Å². The van der Waals surface area contributed by atoms with E-state index >= 15 is 0 Å². The van der Waals surface area contributed by atoms with Crippen molar-refractivity contribution in [2.24, 2.45) is 0 Å². The fraction of sp³-hybridized carbons (Fsp3) is 0.667. The van der Waals surface area contributed by atoms with Gasteiger partial charge in [-0.3, -0.25) is 9.42 Å². The molecule has 1 atom stereocenters. The van der Waals surface area contributed by atoms with E-state index in [2.05, 4.69) is 15.5 Å². The van der Waals surface area contributed by atoms with Crippen LogP contribution in [0.2, 0.25) is 0 Å². The Kier molecular flexibility index (Phi) is 17.8. The number of hydrogen-bond donors (Lipinski definition) is 1. The van der Waals surface area contributed by atoms with Gasteiger partial charge in [0.1, 0.15) is 6.11 Å². The van der Waals surface area contributed by atoms with E-state index < -0.39 is 7.82 Å². The Balaban J connectivity index is -0.000000500. The molecule has 68 valence electrons. The third-order valence-corrected chi connectivity index (χ3v) is 1.77. The van der Waals surface area contributed by atoms with Gasteiger partial charge in [0.05, 0.1) is 6.61 Å². The molecule has 0 saturated carbocycles. The van der Waals surface area contributed by atoms with Crippen LogP contribution in [0.25, 0.3) is 0 Å². The number of unbranched alkanes of at least 4 members (excludes halogenated alkanes) is 1. The number of phosphoric acid groups is 1. The molecule has 0 amide bonds. The summed E-state index contributed by atoms with van der Waals surface area (Å²) < 4.78 is 19.1. The Morgan fingerprint density at radius 2 is 2.08 bits per heavy atom. The third-order valence-electron chi connectivity index (χ3n) is 0.920. The van der Waals surface area contributed by atoms with Crippen molar-refractivity contribution < 1.29 is 18.5 Å². The second kappa shape index (κ2) is 11.6. The first-order valence-corrected chi connectivity index (χ1v) is 4.73. The van der Waals surface area contributed by atoms with E-state index in [1.807, 2.05) is 6.92 Å². The van der Waals surface area contributed by atoms with E-state index in [9.17, 15) is 4.57 Å². The molecule has 1 unspecified atom stereocenters. The van der Waals surface area contributed by atoms with Gasteiger partial charge in [-0.2, -0.15) is 0 Å². The molecule has 0 aliphatic carbocycles. The van der Waals surface area contributed by atoms with Crippen LogP contribution in [0, 0.1) is 12.5 Å². The molecule has 1 N–H and O–H groups in total. The first-order chi connectivity index (χ1) is 5.12. The van der Waals surface area contributed by atoms with Gasteiger partial charge in [-0.15, -0.1) is 0 Å². The molecule has 0 fully saturated rings. The molecule has 0 aromatic carbocycles. The summed E-state index contributed by atoms with van der Waals surface area (Å²) in [5.74, 6) is 0. The van der Waals surface area contributed by atoms with Gasteiger partial charge in [-0.05, 0) is 6.42 Å². The van der Waals surface area contributed by atoms with Gasteiger partial charge in [0, 0.05) is 0 Å². The van der Waals surface area contributed by atoms with Crippen LogP contribution in [0.5, 0.6) is 0 Å². The summed E-state index contributed by atoms with van der Waals surface area (Å²) in [5, 5.41) is 0. The minimum absolute atomic E-state index is 0. The van der Waals surface area contributed by atoms with Gasteiger partial charge < -0.3 is 4.52 Å². The van der Waals surface area contributed by atoms with Crippen molar-refractivity contribution in [1.82, 2.24) is 0 Å². The van der Waals surface area contributed by atoms with Crippen LogP contribution in [-0.2, 0) is 13.6 Å². The van der Waals surface area contributed by atoms with Crippen molar-refractivity contribution >= 4 is 66.9 Å². The number of terminal acetylenes is 1. The standard InChI is InChI=1S/C6H11O4P.2Na.2H/c1-3-5-6-10-11(7,8)9-4-2;;;;/h2H,3,5-6H2,1H3,(H,7,8);;;;. The molecule has 0 radical (unpaired) electrons. The van der Waals surface area contributed by atoms with Crippen LogP contribution in [0.4, 0.5) is 0 Å². The summed E-state index contributed by atoms with van der Waals surface area (Å²) in [6, 6.07) is 0. The molecule has 0 aliphatic rings. The fourth-order valence-electron chi connectivity index (χ4n) is 0.417. The molecule has 0 heterocycles. The molecule has 0 bridgehead atoms. The van der Waals surface area contributed by atoms with Crippen molar-refractivity contribution in [3.8, 4) is 12.5 Å². The minimum atomic E-state index is -3.96. The topological polar surface area (TPSA) is 55.8 Å². The quantitative estimate of drug-likeness (QED) is 0.315. The molecular formula is C6H13Na2O4P. The molecule has 7 heteroatoms. The summed E-state index contributed by atoms with van der Waals surface area (Å²) in [4.78, 5) is 8.71. The van der Waals surface area contributed by atoms with Crippen LogP contribution < -0.4 is 0 Å². The maximum absolute atomic E-state index is 10.7. The second-order valence-electron chi connectivity index (χ2n) is 1.86. The van der Waals surface area contributed by atoms with Crippen molar-refractivity contribution in [2.75, 3.05) is 6.61 Å². The molecule has 0 aliphatic heterocycles. The summed E-state index contributed by atoms with van der Waals surface area (Å²) >= 11 is 0. The average molecular weight is 226 g/mol. The molecule has 13 heavy (non-hydrogen) atoms. The van der Waals surface area contributed by atoms with Gasteiger partial charge in [0.2, 0.25) is 0 Å². The molecule has 0 saturated heterocycles. The zero-order valence-corrected chi connectivity index (χ0v) is 7.21. The van der Waals surface area contributed by atoms with Gasteiger partial charge in [-0.1, -0.05) is 19.8 Å². The summed E-state index contributed by atoms with van der Waals surface area (Å²) in [6.07, 6.45) is 7.82. The third kappa shape index (κ3) is 13.5. The Morgan fingerprint density at radius 1 is 1.54 bits per heavy atom. The van der Waals surface area contributed by atoms with E-state index in [1.165, 1.54) is 0 Å². The van der Waals surface area contributed by atoms with Gasteiger partial charge in [0.15, 0.2) is 0 Å². The average Bonchev–Trinajstić information content (AvgIpc) is 1.87. The van der Waals surface area contributed by atoms with E-state index in [0.717, 1.165) is 6.42 Å². The summed E-state index contributed by atoms with van der Waals surface area (Å²) in [6.45, 7) is 2.12. The van der Waals surface area contributed by atoms with Crippen LogP contribution in [-0.4, -0.2) is 70.6 Å². The van der Waals surface area contributed by atoms with Crippen molar-refractivity contribution in [2.45, 2.75) is 19.8 Å². The van der Waals surface area contributed by atoms with Crippen LogP contribution >= 0.6 is 7.82 Å².